The number of carbonyl (C=O) groups is 1. The van der Waals surface area contributed by atoms with Gasteiger partial charge >= 0.3 is 0 Å². The van der Waals surface area contributed by atoms with E-state index in [1.807, 2.05) is 0 Å². The molecule has 0 unspecified atom stereocenters. The second kappa shape index (κ2) is 7.61. The summed E-state index contributed by atoms with van der Waals surface area (Å²) >= 11 is 6.11. The SMILES string of the molecule is COc1ccc(F)cc1C(=O)Nc1cccc(Cl)c1SC(F)F. The van der Waals surface area contributed by atoms with Crippen LogP contribution in [-0.2, 0) is 0 Å². The molecule has 0 aliphatic heterocycles. The normalized spacial score (nSPS) is 10.7. The van der Waals surface area contributed by atoms with E-state index >= 15 is 0 Å². The first-order valence-electron chi connectivity index (χ1n) is 6.30. The van der Waals surface area contributed by atoms with Gasteiger partial charge in [0.2, 0.25) is 0 Å². The molecule has 1 amide bonds. The molecule has 0 heterocycles. The number of carbonyl (C=O) groups excluding carboxylic acids is 1. The van der Waals surface area contributed by atoms with Gasteiger partial charge in [0.25, 0.3) is 11.7 Å². The van der Waals surface area contributed by atoms with Gasteiger partial charge < -0.3 is 10.1 Å². The number of amides is 1. The molecular weight excluding hydrogens is 351 g/mol. The minimum absolute atomic E-state index is 0.0351. The van der Waals surface area contributed by atoms with Gasteiger partial charge in [0.05, 0.1) is 28.3 Å². The Balaban J connectivity index is 2.34. The zero-order valence-electron chi connectivity index (χ0n) is 11.8. The van der Waals surface area contributed by atoms with Crippen LogP contribution in [0.4, 0.5) is 18.9 Å². The second-order valence-electron chi connectivity index (χ2n) is 4.29. The molecule has 0 aliphatic rings. The number of hydrogen-bond acceptors (Lipinski definition) is 3. The maximum Gasteiger partial charge on any atom is 0.289 e. The van der Waals surface area contributed by atoms with Gasteiger partial charge in [0.15, 0.2) is 0 Å². The lowest BCUT2D eigenvalue weighted by Crippen LogP contribution is -2.14. The Morgan fingerprint density at radius 3 is 2.70 bits per heavy atom. The number of benzene rings is 2. The molecule has 122 valence electrons. The summed E-state index contributed by atoms with van der Waals surface area (Å²) in [5, 5.41) is 2.53. The van der Waals surface area contributed by atoms with E-state index in [0.29, 0.717) is 0 Å². The van der Waals surface area contributed by atoms with Gasteiger partial charge in [0.1, 0.15) is 11.6 Å². The first-order valence-corrected chi connectivity index (χ1v) is 7.56. The number of nitrogens with one attached hydrogen (secondary N) is 1. The number of rotatable bonds is 5. The Hall–Kier alpha value is -1.86. The summed E-state index contributed by atoms with van der Waals surface area (Å²) < 4.78 is 43.6. The molecule has 0 saturated carbocycles. The molecule has 0 aromatic heterocycles. The van der Waals surface area contributed by atoms with E-state index in [4.69, 9.17) is 16.3 Å². The first kappa shape index (κ1) is 17.5. The minimum Gasteiger partial charge on any atom is -0.496 e. The highest BCUT2D eigenvalue weighted by Gasteiger charge is 2.18. The van der Waals surface area contributed by atoms with Crippen LogP contribution in [0.1, 0.15) is 10.4 Å². The fourth-order valence-corrected chi connectivity index (χ4v) is 2.78. The Bertz CT molecular complexity index is 728. The van der Waals surface area contributed by atoms with E-state index in [9.17, 15) is 18.0 Å². The van der Waals surface area contributed by atoms with E-state index in [0.717, 1.165) is 12.1 Å². The van der Waals surface area contributed by atoms with E-state index in [-0.39, 0.29) is 38.7 Å². The molecule has 0 spiro atoms. The number of methoxy groups -OCH3 is 1. The molecule has 0 radical (unpaired) electrons. The molecule has 1 N–H and O–H groups in total. The zero-order chi connectivity index (χ0) is 17.0. The van der Waals surface area contributed by atoms with E-state index in [1.54, 1.807) is 0 Å². The van der Waals surface area contributed by atoms with E-state index < -0.39 is 17.5 Å². The van der Waals surface area contributed by atoms with Crippen LogP contribution < -0.4 is 10.1 Å². The highest BCUT2D eigenvalue weighted by atomic mass is 35.5. The van der Waals surface area contributed by atoms with Gasteiger partial charge in [0, 0.05) is 0 Å². The van der Waals surface area contributed by atoms with Crippen molar-refractivity contribution in [2.45, 2.75) is 10.7 Å². The molecule has 8 heteroatoms. The molecule has 2 aromatic carbocycles. The van der Waals surface area contributed by atoms with E-state index in [1.165, 1.54) is 31.4 Å². The minimum atomic E-state index is -2.70. The molecule has 0 aliphatic carbocycles. The van der Waals surface area contributed by atoms with Crippen molar-refractivity contribution in [1.29, 1.82) is 0 Å². The quantitative estimate of drug-likeness (QED) is 0.757. The first-order chi connectivity index (χ1) is 10.9. The zero-order valence-corrected chi connectivity index (χ0v) is 13.4. The summed E-state index contributed by atoms with van der Waals surface area (Å²) in [6, 6.07) is 7.82. The van der Waals surface area contributed by atoms with Crippen molar-refractivity contribution in [3.63, 3.8) is 0 Å². The Morgan fingerprint density at radius 1 is 1.30 bits per heavy atom. The largest absolute Gasteiger partial charge is 0.496 e. The van der Waals surface area contributed by atoms with Gasteiger partial charge in [-0.25, -0.2) is 4.39 Å². The summed E-state index contributed by atoms with van der Waals surface area (Å²) in [5.41, 5.74) is 0.0552. The fourth-order valence-electron chi connectivity index (χ4n) is 1.86. The molecule has 0 atom stereocenters. The molecule has 0 fully saturated rings. The van der Waals surface area contributed by atoms with Crippen molar-refractivity contribution in [2.75, 3.05) is 12.4 Å². The predicted octanol–water partition coefficient (Wildman–Crippen LogP) is 5.05. The van der Waals surface area contributed by atoms with Crippen LogP contribution in [0, 0.1) is 5.82 Å². The van der Waals surface area contributed by atoms with Crippen LogP contribution in [0.15, 0.2) is 41.3 Å². The third-order valence-corrected chi connectivity index (χ3v) is 4.11. The molecule has 2 aromatic rings. The summed E-state index contributed by atoms with van der Waals surface area (Å²) in [5.74, 6) is -3.85. The molecular formula is C15H11ClF3NO2S. The topological polar surface area (TPSA) is 38.3 Å². The number of alkyl halides is 2. The van der Waals surface area contributed by atoms with Gasteiger partial charge in [-0.3, -0.25) is 4.79 Å². The summed E-state index contributed by atoms with van der Waals surface area (Å²) in [4.78, 5) is 12.3. The standard InChI is InChI=1S/C15H11ClF3NO2S/c1-22-12-6-5-8(17)7-9(12)14(21)20-11-4-2-3-10(16)13(11)23-15(18)19/h2-7,15H,1H3,(H,20,21). The highest BCUT2D eigenvalue weighted by Crippen LogP contribution is 2.38. The lowest BCUT2D eigenvalue weighted by atomic mass is 10.1. The highest BCUT2D eigenvalue weighted by molar-refractivity contribution is 7.99. The number of ether oxygens (including phenoxy) is 1. The van der Waals surface area contributed by atoms with Crippen LogP contribution in [0.3, 0.4) is 0 Å². The smallest absolute Gasteiger partial charge is 0.289 e. The number of hydrogen-bond donors (Lipinski definition) is 1. The maximum absolute atomic E-state index is 13.3. The number of halogens is 4. The van der Waals surface area contributed by atoms with Gasteiger partial charge in [-0.05, 0) is 30.3 Å². The van der Waals surface area contributed by atoms with Crippen LogP contribution in [0.2, 0.25) is 5.02 Å². The molecule has 0 saturated heterocycles. The Kier molecular flexibility index (Phi) is 5.79. The van der Waals surface area contributed by atoms with Crippen molar-refractivity contribution < 1.29 is 22.7 Å². The molecule has 23 heavy (non-hydrogen) atoms. The van der Waals surface area contributed by atoms with Gasteiger partial charge in [-0.2, -0.15) is 8.78 Å². The van der Waals surface area contributed by atoms with Crippen LogP contribution in [0.5, 0.6) is 5.75 Å². The van der Waals surface area contributed by atoms with Crippen molar-refractivity contribution in [3.05, 3.63) is 52.8 Å². The third-order valence-electron chi connectivity index (χ3n) is 2.83. The van der Waals surface area contributed by atoms with Gasteiger partial charge in [-0.1, -0.05) is 29.4 Å². The number of thioether (sulfide) groups is 1. The lowest BCUT2D eigenvalue weighted by molar-refractivity contribution is 0.102. The van der Waals surface area contributed by atoms with Crippen molar-refractivity contribution >= 4 is 35.0 Å². The van der Waals surface area contributed by atoms with E-state index in [2.05, 4.69) is 5.32 Å². The molecule has 2 rings (SSSR count). The Labute approximate surface area is 139 Å². The van der Waals surface area contributed by atoms with Gasteiger partial charge in [-0.15, -0.1) is 0 Å². The summed E-state index contributed by atoms with van der Waals surface area (Å²) in [6.45, 7) is 0. The lowest BCUT2D eigenvalue weighted by Gasteiger charge is -2.13. The van der Waals surface area contributed by atoms with Crippen molar-refractivity contribution in [1.82, 2.24) is 0 Å². The Morgan fingerprint density at radius 2 is 2.04 bits per heavy atom. The fraction of sp³-hybridized carbons (Fsp3) is 0.133. The monoisotopic (exact) mass is 361 g/mol. The third kappa shape index (κ3) is 4.33. The van der Waals surface area contributed by atoms with Crippen molar-refractivity contribution in [3.8, 4) is 5.75 Å². The predicted molar refractivity (Wildman–Crippen MR) is 84.2 cm³/mol. The summed E-state index contributed by atoms with van der Waals surface area (Å²) in [6.07, 6.45) is 0. The van der Waals surface area contributed by atoms with Crippen LogP contribution in [0.25, 0.3) is 0 Å². The molecule has 3 nitrogen and oxygen atoms in total. The summed E-state index contributed by atoms with van der Waals surface area (Å²) in [7, 11) is 1.33. The second-order valence-corrected chi connectivity index (χ2v) is 5.70. The molecule has 0 bridgehead atoms. The van der Waals surface area contributed by atoms with Crippen LogP contribution in [-0.4, -0.2) is 18.8 Å². The maximum atomic E-state index is 13.3. The van der Waals surface area contributed by atoms with Crippen LogP contribution >= 0.6 is 23.4 Å². The average molecular weight is 362 g/mol. The number of anilines is 1. The van der Waals surface area contributed by atoms with Crippen molar-refractivity contribution in [2.24, 2.45) is 0 Å². The average Bonchev–Trinajstić information content (AvgIpc) is 2.50.